The topological polar surface area (TPSA) is 44.4 Å². The first-order chi connectivity index (χ1) is 10.2. The number of hydrogen-bond donors (Lipinski definition) is 2. The van der Waals surface area contributed by atoms with Gasteiger partial charge < -0.3 is 15.5 Å². The fourth-order valence-corrected chi connectivity index (χ4v) is 3.73. The first-order valence-corrected chi connectivity index (χ1v) is 8.92. The molecule has 2 aliphatic rings. The molecule has 2 saturated heterocycles. The fourth-order valence-electron chi connectivity index (χ4n) is 3.73. The van der Waals surface area contributed by atoms with Gasteiger partial charge in [-0.2, -0.15) is 0 Å². The maximum atomic E-state index is 12.4. The standard InChI is InChI=1S/C17H33N3O/c1-3-5-14(2)19-17(21)16-6-4-11-20(13-16)12-15-7-9-18-10-8-15/h14-16,18H,3-13H2,1-2H3,(H,19,21). The number of carbonyl (C=O) groups excluding carboxylic acids is 1. The number of hydrogen-bond acceptors (Lipinski definition) is 3. The van der Waals surface area contributed by atoms with Gasteiger partial charge in [0.2, 0.25) is 5.91 Å². The Kier molecular flexibility index (Phi) is 6.97. The van der Waals surface area contributed by atoms with Crippen LogP contribution in [-0.4, -0.2) is 49.6 Å². The quantitative estimate of drug-likeness (QED) is 0.788. The molecule has 0 aromatic heterocycles. The number of likely N-dealkylation sites (tertiary alicyclic amines) is 1. The molecule has 2 unspecified atom stereocenters. The van der Waals surface area contributed by atoms with Gasteiger partial charge >= 0.3 is 0 Å². The van der Waals surface area contributed by atoms with Crippen molar-refractivity contribution in [3.63, 3.8) is 0 Å². The number of piperidine rings is 2. The van der Waals surface area contributed by atoms with E-state index in [2.05, 4.69) is 29.4 Å². The molecule has 0 aromatic rings. The van der Waals surface area contributed by atoms with E-state index in [-0.39, 0.29) is 11.8 Å². The molecule has 122 valence electrons. The van der Waals surface area contributed by atoms with Crippen LogP contribution >= 0.6 is 0 Å². The van der Waals surface area contributed by atoms with Crippen molar-refractivity contribution in [1.82, 2.24) is 15.5 Å². The van der Waals surface area contributed by atoms with Gasteiger partial charge in [0.05, 0.1) is 5.92 Å². The van der Waals surface area contributed by atoms with E-state index in [1.54, 1.807) is 0 Å². The summed E-state index contributed by atoms with van der Waals surface area (Å²) < 4.78 is 0. The van der Waals surface area contributed by atoms with Crippen LogP contribution in [0.4, 0.5) is 0 Å². The Labute approximate surface area is 130 Å². The molecule has 2 aliphatic heterocycles. The van der Waals surface area contributed by atoms with Gasteiger partial charge in [-0.25, -0.2) is 0 Å². The smallest absolute Gasteiger partial charge is 0.224 e. The van der Waals surface area contributed by atoms with E-state index in [4.69, 9.17) is 0 Å². The van der Waals surface area contributed by atoms with Gasteiger partial charge in [0.1, 0.15) is 0 Å². The Bertz CT molecular complexity index is 315. The van der Waals surface area contributed by atoms with E-state index < -0.39 is 0 Å². The van der Waals surface area contributed by atoms with Gasteiger partial charge in [-0.3, -0.25) is 4.79 Å². The summed E-state index contributed by atoms with van der Waals surface area (Å²) >= 11 is 0. The number of nitrogens with one attached hydrogen (secondary N) is 2. The Hall–Kier alpha value is -0.610. The number of rotatable bonds is 6. The molecule has 2 rings (SSSR count). The molecular weight excluding hydrogens is 262 g/mol. The molecule has 0 saturated carbocycles. The number of amides is 1. The lowest BCUT2D eigenvalue weighted by atomic mass is 9.93. The molecule has 2 heterocycles. The minimum atomic E-state index is 0.208. The second-order valence-corrected chi connectivity index (χ2v) is 6.99. The lowest BCUT2D eigenvalue weighted by Gasteiger charge is -2.36. The van der Waals surface area contributed by atoms with Crippen LogP contribution in [0.25, 0.3) is 0 Å². The summed E-state index contributed by atoms with van der Waals surface area (Å²) in [6.45, 7) is 9.96. The molecule has 2 atom stereocenters. The summed E-state index contributed by atoms with van der Waals surface area (Å²) in [6, 6.07) is 0.322. The largest absolute Gasteiger partial charge is 0.353 e. The molecule has 0 radical (unpaired) electrons. The predicted molar refractivity (Wildman–Crippen MR) is 87.3 cm³/mol. The third-order valence-corrected chi connectivity index (χ3v) is 4.96. The normalized spacial score (nSPS) is 26.5. The van der Waals surface area contributed by atoms with Gasteiger partial charge in [-0.05, 0) is 64.6 Å². The summed E-state index contributed by atoms with van der Waals surface area (Å²) in [7, 11) is 0. The zero-order valence-electron chi connectivity index (χ0n) is 13.9. The Morgan fingerprint density at radius 1 is 1.33 bits per heavy atom. The summed E-state index contributed by atoms with van der Waals surface area (Å²) in [5.74, 6) is 1.32. The zero-order chi connectivity index (χ0) is 15.1. The molecule has 4 nitrogen and oxygen atoms in total. The van der Waals surface area contributed by atoms with E-state index in [0.29, 0.717) is 6.04 Å². The molecule has 1 amide bonds. The predicted octanol–water partition coefficient (Wildman–Crippen LogP) is 2.00. The van der Waals surface area contributed by atoms with E-state index in [0.717, 1.165) is 44.8 Å². The molecule has 4 heteroatoms. The van der Waals surface area contributed by atoms with E-state index in [9.17, 15) is 4.79 Å². The van der Waals surface area contributed by atoms with E-state index in [1.165, 1.54) is 32.4 Å². The highest BCUT2D eigenvalue weighted by atomic mass is 16.2. The van der Waals surface area contributed by atoms with Crippen molar-refractivity contribution in [2.75, 3.05) is 32.7 Å². The first-order valence-electron chi connectivity index (χ1n) is 8.92. The van der Waals surface area contributed by atoms with Gasteiger partial charge in [0.15, 0.2) is 0 Å². The van der Waals surface area contributed by atoms with E-state index in [1.807, 2.05) is 0 Å². The van der Waals surface area contributed by atoms with Crippen LogP contribution in [0.5, 0.6) is 0 Å². The van der Waals surface area contributed by atoms with Crippen LogP contribution < -0.4 is 10.6 Å². The van der Waals surface area contributed by atoms with Crippen LogP contribution in [0.1, 0.15) is 52.4 Å². The van der Waals surface area contributed by atoms with E-state index >= 15 is 0 Å². The zero-order valence-corrected chi connectivity index (χ0v) is 13.9. The van der Waals surface area contributed by atoms with Crippen molar-refractivity contribution < 1.29 is 4.79 Å². The molecule has 0 aromatic carbocycles. The average molecular weight is 295 g/mol. The summed E-state index contributed by atoms with van der Waals surface area (Å²) in [4.78, 5) is 14.9. The molecule has 0 aliphatic carbocycles. The maximum absolute atomic E-state index is 12.4. The molecule has 0 bridgehead atoms. The number of carbonyl (C=O) groups is 1. The third kappa shape index (κ3) is 5.59. The Morgan fingerprint density at radius 2 is 2.10 bits per heavy atom. The van der Waals surface area contributed by atoms with Crippen LogP contribution in [0.3, 0.4) is 0 Å². The van der Waals surface area contributed by atoms with Gasteiger partial charge in [0, 0.05) is 19.1 Å². The first kappa shape index (κ1) is 16.8. The SMILES string of the molecule is CCCC(C)NC(=O)C1CCCN(CC2CCNCC2)C1. The fraction of sp³-hybridized carbons (Fsp3) is 0.941. The lowest BCUT2D eigenvalue weighted by Crippen LogP contribution is -2.47. The van der Waals surface area contributed by atoms with Crippen molar-refractivity contribution in [3.8, 4) is 0 Å². The van der Waals surface area contributed by atoms with Crippen LogP contribution in [0.2, 0.25) is 0 Å². The minimum absolute atomic E-state index is 0.208. The van der Waals surface area contributed by atoms with Gasteiger partial charge in [-0.1, -0.05) is 13.3 Å². The van der Waals surface area contributed by atoms with Crippen LogP contribution in [0, 0.1) is 11.8 Å². The van der Waals surface area contributed by atoms with Crippen LogP contribution in [-0.2, 0) is 4.79 Å². The minimum Gasteiger partial charge on any atom is -0.353 e. The van der Waals surface area contributed by atoms with Gasteiger partial charge in [-0.15, -0.1) is 0 Å². The van der Waals surface area contributed by atoms with Crippen molar-refractivity contribution in [2.24, 2.45) is 11.8 Å². The van der Waals surface area contributed by atoms with Crippen molar-refractivity contribution in [2.45, 2.75) is 58.4 Å². The Balaban J connectivity index is 1.75. The van der Waals surface area contributed by atoms with Gasteiger partial charge in [0.25, 0.3) is 0 Å². The average Bonchev–Trinajstić information content (AvgIpc) is 2.49. The monoisotopic (exact) mass is 295 g/mol. The molecule has 2 fully saturated rings. The molecule has 21 heavy (non-hydrogen) atoms. The molecular formula is C17H33N3O. The summed E-state index contributed by atoms with van der Waals surface area (Å²) in [5.41, 5.74) is 0. The molecule has 0 spiro atoms. The van der Waals surface area contributed by atoms with Crippen LogP contribution in [0.15, 0.2) is 0 Å². The Morgan fingerprint density at radius 3 is 2.81 bits per heavy atom. The number of nitrogens with zero attached hydrogens (tertiary/aromatic N) is 1. The maximum Gasteiger partial charge on any atom is 0.224 e. The molecule has 2 N–H and O–H groups in total. The highest BCUT2D eigenvalue weighted by Gasteiger charge is 2.28. The highest BCUT2D eigenvalue weighted by molar-refractivity contribution is 5.79. The summed E-state index contributed by atoms with van der Waals surface area (Å²) in [6.07, 6.45) is 7.03. The second kappa shape index (κ2) is 8.74. The van der Waals surface area contributed by atoms with Crippen molar-refractivity contribution in [1.29, 1.82) is 0 Å². The van der Waals surface area contributed by atoms with Crippen molar-refractivity contribution >= 4 is 5.91 Å². The second-order valence-electron chi connectivity index (χ2n) is 6.99. The highest BCUT2D eigenvalue weighted by Crippen LogP contribution is 2.21. The summed E-state index contributed by atoms with van der Waals surface area (Å²) in [5, 5.41) is 6.63. The van der Waals surface area contributed by atoms with Crippen molar-refractivity contribution in [3.05, 3.63) is 0 Å². The third-order valence-electron chi connectivity index (χ3n) is 4.96. The lowest BCUT2D eigenvalue weighted by molar-refractivity contribution is -0.127.